The number of methoxy groups -OCH3 is 1. The Bertz CT molecular complexity index is 906. The predicted octanol–water partition coefficient (Wildman–Crippen LogP) is 3.39. The molecule has 0 unspecified atom stereocenters. The predicted molar refractivity (Wildman–Crippen MR) is 107 cm³/mol. The van der Waals surface area contributed by atoms with Crippen LogP contribution in [0.5, 0.6) is 5.75 Å². The number of carbonyl (C=O) groups excluding carboxylic acids is 3. The van der Waals surface area contributed by atoms with E-state index in [-0.39, 0.29) is 12.5 Å². The lowest BCUT2D eigenvalue weighted by Gasteiger charge is -2.14. The average molecular weight is 402 g/mol. The van der Waals surface area contributed by atoms with Crippen molar-refractivity contribution in [3.05, 3.63) is 40.3 Å². The van der Waals surface area contributed by atoms with Gasteiger partial charge in [0.15, 0.2) is 0 Å². The third kappa shape index (κ3) is 4.17. The lowest BCUT2D eigenvalue weighted by atomic mass is 9.95. The van der Waals surface area contributed by atoms with Crippen LogP contribution in [-0.4, -0.2) is 31.5 Å². The molecular formula is C20H22N2O5S. The highest BCUT2D eigenvalue weighted by Gasteiger charge is 2.28. The molecule has 1 aliphatic carbocycles. The summed E-state index contributed by atoms with van der Waals surface area (Å²) in [5.74, 6) is -1.66. The van der Waals surface area contributed by atoms with E-state index < -0.39 is 11.9 Å². The summed E-state index contributed by atoms with van der Waals surface area (Å²) in [5.41, 5.74) is 1.87. The first-order chi connectivity index (χ1) is 13.5. The van der Waals surface area contributed by atoms with Gasteiger partial charge in [-0.05, 0) is 50.3 Å². The number of fused-ring (bicyclic) bond motifs is 1. The average Bonchev–Trinajstić information content (AvgIpc) is 3.06. The molecule has 0 saturated heterocycles. The first kappa shape index (κ1) is 19.9. The number of thiophene rings is 1. The van der Waals surface area contributed by atoms with Gasteiger partial charge < -0.3 is 20.1 Å². The largest absolute Gasteiger partial charge is 0.495 e. The maximum Gasteiger partial charge on any atom is 0.397 e. The number of hydrogen-bond donors (Lipinski definition) is 2. The first-order valence-corrected chi connectivity index (χ1v) is 9.93. The molecule has 0 fully saturated rings. The molecule has 2 amide bonds. The van der Waals surface area contributed by atoms with Crippen LogP contribution in [0.2, 0.25) is 0 Å². The number of amides is 2. The molecule has 0 radical (unpaired) electrons. The Morgan fingerprint density at radius 2 is 1.86 bits per heavy atom. The van der Waals surface area contributed by atoms with Crippen molar-refractivity contribution in [2.24, 2.45) is 0 Å². The van der Waals surface area contributed by atoms with E-state index in [1.165, 1.54) is 18.4 Å². The van der Waals surface area contributed by atoms with E-state index in [9.17, 15) is 14.4 Å². The molecule has 3 rings (SSSR count). The van der Waals surface area contributed by atoms with Crippen molar-refractivity contribution >= 4 is 39.8 Å². The van der Waals surface area contributed by atoms with E-state index in [0.29, 0.717) is 22.0 Å². The molecule has 1 aromatic carbocycles. The van der Waals surface area contributed by atoms with Gasteiger partial charge in [-0.15, -0.1) is 11.3 Å². The molecule has 2 N–H and O–H groups in total. The lowest BCUT2D eigenvalue weighted by molar-refractivity contribution is -0.152. The van der Waals surface area contributed by atoms with Crippen molar-refractivity contribution < 1.29 is 23.9 Å². The van der Waals surface area contributed by atoms with Gasteiger partial charge in [-0.3, -0.25) is 9.59 Å². The molecule has 0 atom stereocenters. The molecule has 0 spiro atoms. The zero-order valence-corrected chi connectivity index (χ0v) is 16.6. The van der Waals surface area contributed by atoms with Crippen LogP contribution < -0.4 is 15.4 Å². The van der Waals surface area contributed by atoms with Crippen LogP contribution in [0.4, 0.5) is 10.7 Å². The molecule has 8 heteroatoms. The van der Waals surface area contributed by atoms with Gasteiger partial charge in [-0.25, -0.2) is 4.79 Å². The monoisotopic (exact) mass is 402 g/mol. The van der Waals surface area contributed by atoms with Gasteiger partial charge in [0.2, 0.25) is 0 Å². The Morgan fingerprint density at radius 1 is 1.11 bits per heavy atom. The number of para-hydroxylation sites is 2. The molecule has 1 aliphatic rings. The number of nitrogens with one attached hydrogen (secondary N) is 2. The minimum absolute atomic E-state index is 0.105. The minimum Gasteiger partial charge on any atom is -0.495 e. The van der Waals surface area contributed by atoms with E-state index in [1.807, 2.05) is 6.07 Å². The van der Waals surface area contributed by atoms with Crippen LogP contribution in [0.1, 0.15) is 40.6 Å². The second-order valence-electron chi connectivity index (χ2n) is 6.24. The molecule has 1 heterocycles. The van der Waals surface area contributed by atoms with Gasteiger partial charge >= 0.3 is 11.9 Å². The van der Waals surface area contributed by atoms with E-state index in [1.54, 1.807) is 25.1 Å². The zero-order chi connectivity index (χ0) is 20.1. The van der Waals surface area contributed by atoms with Crippen molar-refractivity contribution in [1.29, 1.82) is 0 Å². The van der Waals surface area contributed by atoms with Crippen molar-refractivity contribution in [3.63, 3.8) is 0 Å². The summed E-state index contributed by atoms with van der Waals surface area (Å²) in [4.78, 5) is 38.0. The Labute approximate surface area is 167 Å². The summed E-state index contributed by atoms with van der Waals surface area (Å²) in [7, 11) is 1.53. The molecule has 0 saturated carbocycles. The number of anilines is 2. The van der Waals surface area contributed by atoms with Crippen LogP contribution in [0.15, 0.2) is 24.3 Å². The van der Waals surface area contributed by atoms with Gasteiger partial charge in [-0.1, -0.05) is 12.1 Å². The summed E-state index contributed by atoms with van der Waals surface area (Å²) in [6, 6.07) is 7.10. The van der Waals surface area contributed by atoms with E-state index in [2.05, 4.69) is 10.6 Å². The van der Waals surface area contributed by atoms with Crippen LogP contribution in [0, 0.1) is 0 Å². The zero-order valence-electron chi connectivity index (χ0n) is 15.8. The Morgan fingerprint density at radius 3 is 2.61 bits per heavy atom. The maximum atomic E-state index is 13.1. The highest BCUT2D eigenvalue weighted by Crippen LogP contribution is 2.39. The SMILES string of the molecule is CCOC(=O)C(=O)Nc1sc2c(c1C(=O)Nc1ccccc1OC)CCCC2. The van der Waals surface area contributed by atoms with Gasteiger partial charge in [0.05, 0.1) is 25.0 Å². The molecule has 1 aromatic heterocycles. The second kappa shape index (κ2) is 8.88. The third-order valence-electron chi connectivity index (χ3n) is 4.44. The number of esters is 1. The van der Waals surface area contributed by atoms with Crippen LogP contribution in [0.3, 0.4) is 0 Å². The molecular weight excluding hydrogens is 380 g/mol. The standard InChI is InChI=1S/C20H22N2O5S/c1-3-27-20(25)18(24)22-19-16(12-8-4-7-11-15(12)28-19)17(23)21-13-9-5-6-10-14(13)26-2/h5-6,9-10H,3-4,7-8,11H2,1-2H3,(H,21,23)(H,22,24). The van der Waals surface area contributed by atoms with Gasteiger partial charge in [-0.2, -0.15) is 0 Å². The van der Waals surface area contributed by atoms with E-state index in [4.69, 9.17) is 9.47 Å². The highest BCUT2D eigenvalue weighted by atomic mass is 32.1. The summed E-state index contributed by atoms with van der Waals surface area (Å²) in [6.45, 7) is 1.73. The smallest absolute Gasteiger partial charge is 0.397 e. The molecule has 28 heavy (non-hydrogen) atoms. The number of hydrogen-bond acceptors (Lipinski definition) is 6. The molecule has 148 valence electrons. The molecule has 0 aliphatic heterocycles. The number of rotatable bonds is 5. The molecule has 0 bridgehead atoms. The molecule has 2 aromatic rings. The summed E-state index contributed by atoms with van der Waals surface area (Å²) >= 11 is 1.34. The highest BCUT2D eigenvalue weighted by molar-refractivity contribution is 7.17. The van der Waals surface area contributed by atoms with Gasteiger partial charge in [0.25, 0.3) is 5.91 Å². The Balaban J connectivity index is 1.92. The quantitative estimate of drug-likeness (QED) is 0.591. The second-order valence-corrected chi connectivity index (χ2v) is 7.35. The summed E-state index contributed by atoms with van der Waals surface area (Å²) in [5, 5.41) is 5.79. The van der Waals surface area contributed by atoms with Crippen LogP contribution >= 0.6 is 11.3 Å². The Kier molecular flexibility index (Phi) is 6.30. The number of aryl methyl sites for hydroxylation is 1. The Hall–Kier alpha value is -2.87. The van der Waals surface area contributed by atoms with Crippen LogP contribution in [0.25, 0.3) is 0 Å². The van der Waals surface area contributed by atoms with Gasteiger partial charge in [0, 0.05) is 4.88 Å². The topological polar surface area (TPSA) is 93.7 Å². The lowest BCUT2D eigenvalue weighted by Crippen LogP contribution is -2.26. The van der Waals surface area contributed by atoms with Gasteiger partial charge in [0.1, 0.15) is 10.8 Å². The fraction of sp³-hybridized carbons (Fsp3) is 0.350. The number of carbonyl (C=O) groups is 3. The van der Waals surface area contributed by atoms with E-state index in [0.717, 1.165) is 36.1 Å². The molecule has 7 nitrogen and oxygen atoms in total. The van der Waals surface area contributed by atoms with Crippen molar-refractivity contribution in [2.45, 2.75) is 32.6 Å². The van der Waals surface area contributed by atoms with E-state index >= 15 is 0 Å². The first-order valence-electron chi connectivity index (χ1n) is 9.12. The van der Waals surface area contributed by atoms with Crippen LogP contribution in [-0.2, 0) is 27.2 Å². The fourth-order valence-corrected chi connectivity index (χ4v) is 4.46. The normalized spacial score (nSPS) is 12.6. The van der Waals surface area contributed by atoms with Crippen molar-refractivity contribution in [1.82, 2.24) is 0 Å². The number of benzene rings is 1. The number of ether oxygens (including phenoxy) is 2. The fourth-order valence-electron chi connectivity index (χ4n) is 3.18. The maximum absolute atomic E-state index is 13.1. The minimum atomic E-state index is -0.968. The third-order valence-corrected chi connectivity index (χ3v) is 5.65. The summed E-state index contributed by atoms with van der Waals surface area (Å²) in [6.07, 6.45) is 3.62. The van der Waals surface area contributed by atoms with Crippen molar-refractivity contribution in [2.75, 3.05) is 24.4 Å². The summed E-state index contributed by atoms with van der Waals surface area (Å²) < 4.78 is 10.0. The van der Waals surface area contributed by atoms with Crippen molar-refractivity contribution in [3.8, 4) is 5.75 Å².